The van der Waals surface area contributed by atoms with Crippen molar-refractivity contribution < 1.29 is 9.47 Å². The number of benzene rings is 1. The minimum Gasteiger partial charge on any atom is -0.494 e. The van der Waals surface area contributed by atoms with Crippen molar-refractivity contribution in [3.05, 3.63) is 30.3 Å². The molecule has 0 aliphatic carbocycles. The molecule has 0 radical (unpaired) electrons. The van der Waals surface area contributed by atoms with Crippen molar-refractivity contribution >= 4 is 5.96 Å². The monoisotopic (exact) mass is 265 g/mol. The Labute approximate surface area is 114 Å². The fraction of sp³-hybridized carbons (Fsp3) is 0.500. The van der Waals surface area contributed by atoms with Gasteiger partial charge in [0.1, 0.15) is 5.75 Å². The zero-order valence-corrected chi connectivity index (χ0v) is 11.6. The summed E-state index contributed by atoms with van der Waals surface area (Å²) in [6, 6.07) is 9.90. The fourth-order valence-corrected chi connectivity index (χ4v) is 1.56. The third kappa shape index (κ3) is 7.31. The standard InChI is InChI=1S/C14H23N3O2/c1-12(11-18-2)17-14(15)16-9-6-10-19-13-7-4-3-5-8-13/h3-5,7-8,12H,6,9-11H2,1-2H3,(H3,15,16,17). The van der Waals surface area contributed by atoms with Crippen LogP contribution < -0.4 is 15.8 Å². The highest BCUT2D eigenvalue weighted by Crippen LogP contribution is 2.08. The van der Waals surface area contributed by atoms with Crippen molar-refractivity contribution in [3.8, 4) is 5.75 Å². The zero-order valence-electron chi connectivity index (χ0n) is 11.6. The van der Waals surface area contributed by atoms with Crippen LogP contribution in [-0.4, -0.2) is 38.9 Å². The Kier molecular flexibility index (Phi) is 7.43. The van der Waals surface area contributed by atoms with E-state index in [1.165, 1.54) is 0 Å². The van der Waals surface area contributed by atoms with Gasteiger partial charge in [0.25, 0.3) is 0 Å². The predicted molar refractivity (Wildman–Crippen MR) is 77.5 cm³/mol. The Morgan fingerprint density at radius 1 is 1.37 bits per heavy atom. The lowest BCUT2D eigenvalue weighted by Crippen LogP contribution is -2.40. The van der Waals surface area contributed by atoms with Gasteiger partial charge in [-0.2, -0.15) is 0 Å². The van der Waals surface area contributed by atoms with Gasteiger partial charge in [-0.25, -0.2) is 0 Å². The Hall–Kier alpha value is -1.75. The maximum Gasteiger partial charge on any atom is 0.188 e. The zero-order chi connectivity index (χ0) is 13.9. The van der Waals surface area contributed by atoms with Crippen molar-refractivity contribution in [1.29, 1.82) is 0 Å². The van der Waals surface area contributed by atoms with Crippen molar-refractivity contribution in [2.45, 2.75) is 19.4 Å². The molecule has 0 aromatic heterocycles. The third-order valence-electron chi connectivity index (χ3n) is 2.41. The smallest absolute Gasteiger partial charge is 0.188 e. The first-order valence-electron chi connectivity index (χ1n) is 6.45. The van der Waals surface area contributed by atoms with Gasteiger partial charge < -0.3 is 20.5 Å². The average Bonchev–Trinajstić information content (AvgIpc) is 2.39. The molecule has 0 bridgehead atoms. The van der Waals surface area contributed by atoms with Crippen LogP contribution in [0, 0.1) is 0 Å². The number of nitrogens with one attached hydrogen (secondary N) is 1. The number of hydrogen-bond donors (Lipinski definition) is 2. The summed E-state index contributed by atoms with van der Waals surface area (Å²) in [7, 11) is 1.66. The molecule has 5 nitrogen and oxygen atoms in total. The number of rotatable bonds is 8. The van der Waals surface area contributed by atoms with Gasteiger partial charge in [0.05, 0.1) is 13.2 Å². The first-order chi connectivity index (χ1) is 9.22. The van der Waals surface area contributed by atoms with Gasteiger partial charge in [-0.05, 0) is 19.1 Å². The lowest BCUT2D eigenvalue weighted by molar-refractivity contribution is 0.179. The molecule has 0 aliphatic heterocycles. The molecular formula is C14H23N3O2. The summed E-state index contributed by atoms with van der Waals surface area (Å²) in [5.41, 5.74) is 5.74. The second kappa shape index (κ2) is 9.22. The van der Waals surface area contributed by atoms with Crippen LogP contribution in [0.2, 0.25) is 0 Å². The molecule has 1 aromatic carbocycles. The second-order valence-electron chi connectivity index (χ2n) is 4.28. The number of para-hydroxylation sites is 1. The van der Waals surface area contributed by atoms with Gasteiger partial charge in [0, 0.05) is 26.1 Å². The number of nitrogens with two attached hydrogens (primary N) is 1. The van der Waals surface area contributed by atoms with E-state index in [-0.39, 0.29) is 6.04 Å². The van der Waals surface area contributed by atoms with E-state index in [2.05, 4.69) is 10.3 Å². The molecule has 106 valence electrons. The van der Waals surface area contributed by atoms with Crippen LogP contribution in [0.3, 0.4) is 0 Å². The second-order valence-corrected chi connectivity index (χ2v) is 4.28. The first-order valence-corrected chi connectivity index (χ1v) is 6.45. The van der Waals surface area contributed by atoms with Crippen LogP contribution in [-0.2, 0) is 4.74 Å². The predicted octanol–water partition coefficient (Wildman–Crippen LogP) is 1.39. The number of guanidine groups is 1. The fourth-order valence-electron chi connectivity index (χ4n) is 1.56. The number of nitrogens with zero attached hydrogens (tertiary/aromatic N) is 1. The molecule has 0 saturated carbocycles. The minimum atomic E-state index is 0.161. The van der Waals surface area contributed by atoms with E-state index in [0.29, 0.717) is 25.7 Å². The molecule has 1 aromatic rings. The Bertz CT molecular complexity index is 368. The van der Waals surface area contributed by atoms with Gasteiger partial charge >= 0.3 is 0 Å². The molecule has 0 heterocycles. The summed E-state index contributed by atoms with van der Waals surface area (Å²) < 4.78 is 10.6. The molecule has 0 aliphatic rings. The number of ether oxygens (including phenoxy) is 2. The van der Waals surface area contributed by atoms with E-state index in [1.54, 1.807) is 7.11 Å². The number of aliphatic imine (C=N–C) groups is 1. The molecule has 19 heavy (non-hydrogen) atoms. The first kappa shape index (κ1) is 15.3. The van der Waals surface area contributed by atoms with Crippen LogP contribution in [0.15, 0.2) is 35.3 Å². The van der Waals surface area contributed by atoms with E-state index < -0.39 is 0 Å². The summed E-state index contributed by atoms with van der Waals surface area (Å²) in [5.74, 6) is 1.33. The van der Waals surface area contributed by atoms with Gasteiger partial charge in [-0.3, -0.25) is 4.99 Å². The normalized spacial score (nSPS) is 13.1. The molecule has 1 rings (SSSR count). The molecule has 0 spiro atoms. The molecule has 1 atom stereocenters. The topological polar surface area (TPSA) is 68.9 Å². The molecule has 1 unspecified atom stereocenters. The number of methoxy groups -OCH3 is 1. The van der Waals surface area contributed by atoms with Crippen LogP contribution in [0.4, 0.5) is 0 Å². The van der Waals surface area contributed by atoms with E-state index in [0.717, 1.165) is 12.2 Å². The Morgan fingerprint density at radius 3 is 2.79 bits per heavy atom. The van der Waals surface area contributed by atoms with Gasteiger partial charge in [-0.1, -0.05) is 18.2 Å². The van der Waals surface area contributed by atoms with Crippen LogP contribution in [0.5, 0.6) is 5.75 Å². The average molecular weight is 265 g/mol. The number of hydrogen-bond acceptors (Lipinski definition) is 3. The maximum atomic E-state index is 5.74. The lowest BCUT2D eigenvalue weighted by atomic mass is 10.3. The molecule has 0 saturated heterocycles. The lowest BCUT2D eigenvalue weighted by Gasteiger charge is -2.13. The summed E-state index contributed by atoms with van der Waals surface area (Å²) in [6.45, 7) is 3.87. The van der Waals surface area contributed by atoms with Crippen molar-refractivity contribution in [2.75, 3.05) is 26.9 Å². The summed E-state index contributed by atoms with van der Waals surface area (Å²) in [5, 5.41) is 3.05. The highest BCUT2D eigenvalue weighted by Gasteiger charge is 2.00. The van der Waals surface area contributed by atoms with Gasteiger partial charge in [0.2, 0.25) is 0 Å². The molecular weight excluding hydrogens is 242 g/mol. The SMILES string of the molecule is COCC(C)NC(N)=NCCCOc1ccccc1. The summed E-state index contributed by atoms with van der Waals surface area (Å²) in [6.07, 6.45) is 0.829. The van der Waals surface area contributed by atoms with E-state index in [4.69, 9.17) is 15.2 Å². The third-order valence-corrected chi connectivity index (χ3v) is 2.41. The van der Waals surface area contributed by atoms with Crippen LogP contribution in [0.1, 0.15) is 13.3 Å². The largest absolute Gasteiger partial charge is 0.494 e. The molecule has 3 N–H and O–H groups in total. The summed E-state index contributed by atoms with van der Waals surface area (Å²) >= 11 is 0. The van der Waals surface area contributed by atoms with Crippen LogP contribution >= 0.6 is 0 Å². The van der Waals surface area contributed by atoms with Crippen molar-refractivity contribution in [2.24, 2.45) is 10.7 Å². The van der Waals surface area contributed by atoms with E-state index >= 15 is 0 Å². The molecule has 0 fully saturated rings. The summed E-state index contributed by atoms with van der Waals surface area (Å²) in [4.78, 5) is 4.23. The van der Waals surface area contributed by atoms with Crippen molar-refractivity contribution in [1.82, 2.24) is 5.32 Å². The minimum absolute atomic E-state index is 0.161. The van der Waals surface area contributed by atoms with E-state index in [9.17, 15) is 0 Å². The van der Waals surface area contributed by atoms with Crippen molar-refractivity contribution in [3.63, 3.8) is 0 Å². The van der Waals surface area contributed by atoms with Gasteiger partial charge in [0.15, 0.2) is 5.96 Å². The quantitative estimate of drug-likeness (QED) is 0.423. The van der Waals surface area contributed by atoms with Gasteiger partial charge in [-0.15, -0.1) is 0 Å². The van der Waals surface area contributed by atoms with E-state index in [1.807, 2.05) is 37.3 Å². The Balaban J connectivity index is 2.12. The Morgan fingerprint density at radius 2 is 2.11 bits per heavy atom. The van der Waals surface area contributed by atoms with Crippen LogP contribution in [0.25, 0.3) is 0 Å². The maximum absolute atomic E-state index is 5.74. The highest BCUT2D eigenvalue weighted by molar-refractivity contribution is 5.78. The molecule has 0 amide bonds. The highest BCUT2D eigenvalue weighted by atomic mass is 16.5. The molecule has 5 heteroatoms.